The van der Waals surface area contributed by atoms with Crippen LogP contribution in [0.5, 0.6) is 5.75 Å². The number of carbonyl (C=O) groups is 1. The molecule has 1 heterocycles. The van der Waals surface area contributed by atoms with Crippen molar-refractivity contribution < 1.29 is 9.53 Å². The number of hydrogen-bond acceptors (Lipinski definition) is 3. The van der Waals surface area contributed by atoms with Gasteiger partial charge in [-0.05, 0) is 49.6 Å². The van der Waals surface area contributed by atoms with Crippen LogP contribution in [0.15, 0.2) is 78.3 Å². The lowest BCUT2D eigenvalue weighted by molar-refractivity contribution is 0.0998. The summed E-state index contributed by atoms with van der Waals surface area (Å²) in [7, 11) is 0. The highest BCUT2D eigenvalue weighted by atomic mass is 32.1. The summed E-state index contributed by atoms with van der Waals surface area (Å²) in [6.45, 7) is 8.39. The molecule has 0 N–H and O–H groups in total. The van der Waals surface area contributed by atoms with Crippen molar-refractivity contribution in [3.8, 4) is 5.75 Å². The number of ether oxygens (including phenoxy) is 1. The van der Waals surface area contributed by atoms with Crippen LogP contribution in [0.1, 0.15) is 24.2 Å². The first-order valence-electron chi connectivity index (χ1n) is 9.54. The molecule has 0 aliphatic rings. The minimum atomic E-state index is -0.269. The molecule has 146 valence electrons. The molecule has 29 heavy (non-hydrogen) atoms. The Bertz CT molecular complexity index is 1260. The average molecular weight is 403 g/mol. The van der Waals surface area contributed by atoms with E-state index in [1.807, 2.05) is 36.6 Å². The first kappa shape index (κ1) is 19.2. The van der Waals surface area contributed by atoms with Crippen molar-refractivity contribution in [3.05, 3.63) is 83.7 Å². The fraction of sp³-hybridized carbons (Fsp3) is 0.167. The van der Waals surface area contributed by atoms with Crippen molar-refractivity contribution in [1.82, 2.24) is 4.57 Å². The molecule has 0 bridgehead atoms. The Labute approximate surface area is 173 Å². The van der Waals surface area contributed by atoms with Gasteiger partial charge in [0.2, 0.25) is 0 Å². The molecule has 5 heteroatoms. The molecule has 0 atom stereocenters. The molecule has 0 radical (unpaired) electrons. The monoisotopic (exact) mass is 402 g/mol. The summed E-state index contributed by atoms with van der Waals surface area (Å²) in [6, 6.07) is 19.6. The average Bonchev–Trinajstić information content (AvgIpc) is 3.06. The maximum Gasteiger partial charge on any atom is 0.279 e. The predicted molar refractivity (Wildman–Crippen MR) is 120 cm³/mol. The maximum absolute atomic E-state index is 12.8. The highest BCUT2D eigenvalue weighted by molar-refractivity contribution is 7.17. The number of benzene rings is 3. The van der Waals surface area contributed by atoms with E-state index in [1.165, 1.54) is 16.7 Å². The normalized spacial score (nSPS) is 12.0. The molecule has 4 rings (SSSR count). The van der Waals surface area contributed by atoms with Crippen molar-refractivity contribution in [3.63, 3.8) is 0 Å². The van der Waals surface area contributed by atoms with E-state index in [2.05, 4.69) is 35.8 Å². The van der Waals surface area contributed by atoms with Crippen LogP contribution in [0.25, 0.3) is 21.0 Å². The number of fused-ring (bicyclic) bond motifs is 3. The predicted octanol–water partition coefficient (Wildman–Crippen LogP) is 5.57. The number of nitrogens with zero attached hydrogens (tertiary/aromatic N) is 2. The first-order chi connectivity index (χ1) is 14.1. The van der Waals surface area contributed by atoms with E-state index in [0.29, 0.717) is 16.9 Å². The SMILES string of the molecule is C=CCn1c(=NC(=O)c2ccc(OC(C)C)cc2)sc2c3ccccc3ccc21. The molecule has 1 aromatic heterocycles. The van der Waals surface area contributed by atoms with Crippen LogP contribution in [0.3, 0.4) is 0 Å². The van der Waals surface area contributed by atoms with Crippen molar-refractivity contribution in [2.45, 2.75) is 26.5 Å². The number of hydrogen-bond donors (Lipinski definition) is 0. The van der Waals surface area contributed by atoms with Crippen LogP contribution in [0.4, 0.5) is 0 Å². The highest BCUT2D eigenvalue weighted by Gasteiger charge is 2.11. The summed E-state index contributed by atoms with van der Waals surface area (Å²) >= 11 is 1.53. The standard InChI is InChI=1S/C24H22N2O2S/c1-4-15-26-21-14-11-17-7-5-6-8-20(17)22(21)29-24(26)25-23(27)18-9-12-19(13-10-18)28-16(2)3/h4-14,16H,1,15H2,2-3H3. The number of rotatable bonds is 5. The smallest absolute Gasteiger partial charge is 0.279 e. The van der Waals surface area contributed by atoms with Crippen molar-refractivity contribution in [1.29, 1.82) is 0 Å². The topological polar surface area (TPSA) is 43.6 Å². The van der Waals surface area contributed by atoms with E-state index in [4.69, 9.17) is 4.74 Å². The molecule has 1 amide bonds. The molecule has 4 nitrogen and oxygen atoms in total. The second kappa shape index (κ2) is 8.05. The lowest BCUT2D eigenvalue weighted by atomic mass is 10.1. The Kier molecular flexibility index (Phi) is 5.32. The molecule has 0 spiro atoms. The summed E-state index contributed by atoms with van der Waals surface area (Å²) in [4.78, 5) is 17.9. The molecule has 0 aliphatic carbocycles. The number of amides is 1. The molecular weight excluding hydrogens is 380 g/mol. The zero-order valence-electron chi connectivity index (χ0n) is 16.5. The summed E-state index contributed by atoms with van der Waals surface area (Å²) in [6.07, 6.45) is 1.91. The minimum Gasteiger partial charge on any atom is -0.491 e. The number of carbonyl (C=O) groups excluding carboxylic acids is 1. The van der Waals surface area contributed by atoms with Crippen molar-refractivity contribution >= 4 is 38.2 Å². The molecule has 0 saturated carbocycles. The van der Waals surface area contributed by atoms with Crippen LogP contribution in [0, 0.1) is 0 Å². The Morgan fingerprint density at radius 3 is 2.62 bits per heavy atom. The lowest BCUT2D eigenvalue weighted by Gasteiger charge is -2.09. The Morgan fingerprint density at radius 2 is 1.90 bits per heavy atom. The third kappa shape index (κ3) is 3.87. The quantitative estimate of drug-likeness (QED) is 0.410. The van der Waals surface area contributed by atoms with Gasteiger partial charge in [-0.15, -0.1) is 6.58 Å². The van der Waals surface area contributed by atoms with Gasteiger partial charge in [0, 0.05) is 17.5 Å². The molecule has 3 aromatic carbocycles. The second-order valence-corrected chi connectivity index (χ2v) is 8.00. The second-order valence-electron chi connectivity index (χ2n) is 7.03. The Balaban J connectivity index is 1.80. The summed E-state index contributed by atoms with van der Waals surface area (Å²) in [5.41, 5.74) is 1.59. The maximum atomic E-state index is 12.8. The van der Waals surface area contributed by atoms with Gasteiger partial charge in [-0.1, -0.05) is 47.7 Å². The minimum absolute atomic E-state index is 0.0903. The zero-order valence-corrected chi connectivity index (χ0v) is 17.3. The molecule has 0 unspecified atom stereocenters. The van der Waals surface area contributed by atoms with Gasteiger partial charge in [0.05, 0.1) is 16.3 Å². The van der Waals surface area contributed by atoms with Gasteiger partial charge in [-0.3, -0.25) is 4.79 Å². The summed E-state index contributed by atoms with van der Waals surface area (Å²) < 4.78 is 8.80. The van der Waals surface area contributed by atoms with Gasteiger partial charge in [0.15, 0.2) is 4.80 Å². The molecule has 0 fully saturated rings. The van der Waals surface area contributed by atoms with Crippen LogP contribution in [-0.2, 0) is 6.54 Å². The summed E-state index contributed by atoms with van der Waals surface area (Å²) in [5, 5.41) is 2.34. The fourth-order valence-electron chi connectivity index (χ4n) is 3.29. The van der Waals surface area contributed by atoms with Crippen LogP contribution < -0.4 is 9.54 Å². The Morgan fingerprint density at radius 1 is 1.14 bits per heavy atom. The molecular formula is C24H22N2O2S. The van der Waals surface area contributed by atoms with Crippen LogP contribution in [0.2, 0.25) is 0 Å². The zero-order chi connectivity index (χ0) is 20.4. The summed E-state index contributed by atoms with van der Waals surface area (Å²) in [5.74, 6) is 0.473. The molecule has 0 aliphatic heterocycles. The third-order valence-corrected chi connectivity index (χ3v) is 5.68. The van der Waals surface area contributed by atoms with Gasteiger partial charge >= 0.3 is 0 Å². The third-order valence-electron chi connectivity index (χ3n) is 4.56. The van der Waals surface area contributed by atoms with Gasteiger partial charge < -0.3 is 9.30 Å². The molecule has 0 saturated heterocycles. The molecule has 4 aromatic rings. The number of thiazole rings is 1. The van der Waals surface area contributed by atoms with Crippen LogP contribution in [-0.4, -0.2) is 16.6 Å². The van der Waals surface area contributed by atoms with E-state index in [1.54, 1.807) is 24.3 Å². The number of allylic oxidation sites excluding steroid dienone is 1. The van der Waals surface area contributed by atoms with E-state index in [9.17, 15) is 4.79 Å². The van der Waals surface area contributed by atoms with E-state index in [-0.39, 0.29) is 12.0 Å². The Hall–Kier alpha value is -3.18. The van der Waals surface area contributed by atoms with Crippen LogP contribution >= 0.6 is 11.3 Å². The first-order valence-corrected chi connectivity index (χ1v) is 10.4. The van der Waals surface area contributed by atoms with Gasteiger partial charge in [0.1, 0.15) is 5.75 Å². The van der Waals surface area contributed by atoms with E-state index < -0.39 is 0 Å². The van der Waals surface area contributed by atoms with Gasteiger partial charge in [-0.2, -0.15) is 4.99 Å². The van der Waals surface area contributed by atoms with Gasteiger partial charge in [-0.25, -0.2) is 0 Å². The fourth-order valence-corrected chi connectivity index (χ4v) is 4.46. The van der Waals surface area contributed by atoms with Crippen molar-refractivity contribution in [2.75, 3.05) is 0 Å². The van der Waals surface area contributed by atoms with Gasteiger partial charge in [0.25, 0.3) is 5.91 Å². The highest BCUT2D eigenvalue weighted by Crippen LogP contribution is 2.27. The van der Waals surface area contributed by atoms with E-state index in [0.717, 1.165) is 21.4 Å². The number of aromatic nitrogens is 1. The van der Waals surface area contributed by atoms with E-state index >= 15 is 0 Å². The largest absolute Gasteiger partial charge is 0.491 e. The van der Waals surface area contributed by atoms with Crippen molar-refractivity contribution in [2.24, 2.45) is 4.99 Å². The lowest BCUT2D eigenvalue weighted by Crippen LogP contribution is -2.16.